The van der Waals surface area contributed by atoms with Crippen LogP contribution in [0.5, 0.6) is 0 Å². The number of carbonyl (C=O) groups is 1. The van der Waals surface area contributed by atoms with E-state index in [9.17, 15) is 13.6 Å². The van der Waals surface area contributed by atoms with Gasteiger partial charge in [0.05, 0.1) is 5.69 Å². The monoisotopic (exact) mass is 256 g/mol. The molecule has 0 radical (unpaired) electrons. The molecule has 0 saturated heterocycles. The van der Waals surface area contributed by atoms with E-state index in [2.05, 4.69) is 10.6 Å². The molecule has 1 rings (SSSR count). The quantitative estimate of drug-likeness (QED) is 0.831. The van der Waals surface area contributed by atoms with Crippen LogP contribution < -0.4 is 10.6 Å². The molecule has 0 aliphatic rings. The molecule has 1 aromatic carbocycles. The van der Waals surface area contributed by atoms with Crippen LogP contribution in [0.15, 0.2) is 18.2 Å². The van der Waals surface area contributed by atoms with Crippen LogP contribution in [-0.4, -0.2) is 12.6 Å². The Hall–Kier alpha value is -1.65. The molecule has 2 N–H and O–H groups in total. The normalized spacial score (nSPS) is 10.5. The maximum absolute atomic E-state index is 13.3. The molecule has 3 nitrogen and oxygen atoms in total. The molecule has 0 atom stereocenters. The number of hydrogen-bond donors (Lipinski definition) is 2. The fraction of sp³-hybridized carbons (Fsp3) is 0.462. The Balaban J connectivity index is 2.49. The predicted molar refractivity (Wildman–Crippen MR) is 67.5 cm³/mol. The molecule has 0 saturated carbocycles. The number of halogens is 2. The summed E-state index contributed by atoms with van der Waals surface area (Å²) in [6.45, 7) is 4.64. The van der Waals surface area contributed by atoms with Crippen molar-refractivity contribution < 1.29 is 13.6 Å². The van der Waals surface area contributed by atoms with Gasteiger partial charge in [0.1, 0.15) is 11.6 Å². The van der Waals surface area contributed by atoms with Gasteiger partial charge in [-0.25, -0.2) is 13.6 Å². The lowest BCUT2D eigenvalue weighted by Crippen LogP contribution is -2.33. The van der Waals surface area contributed by atoms with Gasteiger partial charge in [-0.1, -0.05) is 26.7 Å². The second-order valence-electron chi connectivity index (χ2n) is 4.14. The lowest BCUT2D eigenvalue weighted by Gasteiger charge is -2.14. The molecule has 100 valence electrons. The number of carbonyl (C=O) groups excluding carboxylic acids is 1. The molecule has 0 aromatic heterocycles. The van der Waals surface area contributed by atoms with E-state index in [1.807, 2.05) is 13.8 Å². The van der Waals surface area contributed by atoms with Gasteiger partial charge in [-0.05, 0) is 18.1 Å². The van der Waals surface area contributed by atoms with Crippen LogP contribution in [0.25, 0.3) is 0 Å². The number of hydrogen-bond acceptors (Lipinski definition) is 1. The summed E-state index contributed by atoms with van der Waals surface area (Å²) in [4.78, 5) is 11.5. The number of rotatable bonds is 5. The Bertz CT molecular complexity index is 406. The maximum atomic E-state index is 13.3. The SMILES string of the molecule is CCC(CC)CNC(=O)Nc1ccc(F)cc1F. The van der Waals surface area contributed by atoms with E-state index in [1.54, 1.807) is 0 Å². The highest BCUT2D eigenvalue weighted by Gasteiger charge is 2.09. The van der Waals surface area contributed by atoms with Crippen LogP contribution in [0.2, 0.25) is 0 Å². The van der Waals surface area contributed by atoms with E-state index in [0.29, 0.717) is 12.5 Å². The first-order valence-electron chi connectivity index (χ1n) is 6.06. The Morgan fingerprint density at radius 2 is 1.94 bits per heavy atom. The molecule has 0 heterocycles. The standard InChI is InChI=1S/C13H18F2N2O/c1-3-9(4-2)8-16-13(18)17-12-6-5-10(14)7-11(12)15/h5-7,9H,3-4,8H2,1-2H3,(H2,16,17,18). The summed E-state index contributed by atoms with van der Waals surface area (Å²) >= 11 is 0. The van der Waals surface area contributed by atoms with Crippen LogP contribution in [0, 0.1) is 17.6 Å². The minimum absolute atomic E-state index is 0.0292. The van der Waals surface area contributed by atoms with Crippen molar-refractivity contribution in [2.45, 2.75) is 26.7 Å². The van der Waals surface area contributed by atoms with E-state index in [1.165, 1.54) is 6.07 Å². The average Bonchev–Trinajstić information content (AvgIpc) is 2.34. The van der Waals surface area contributed by atoms with Gasteiger partial charge in [0.15, 0.2) is 0 Å². The zero-order valence-electron chi connectivity index (χ0n) is 10.6. The summed E-state index contributed by atoms with van der Waals surface area (Å²) < 4.78 is 25.9. The van der Waals surface area contributed by atoms with Crippen molar-refractivity contribution in [3.05, 3.63) is 29.8 Å². The highest BCUT2D eigenvalue weighted by molar-refractivity contribution is 5.89. The highest BCUT2D eigenvalue weighted by atomic mass is 19.1. The lowest BCUT2D eigenvalue weighted by molar-refractivity contribution is 0.249. The number of benzene rings is 1. The van der Waals surface area contributed by atoms with Crippen LogP contribution in [0.1, 0.15) is 26.7 Å². The number of amides is 2. The molecule has 18 heavy (non-hydrogen) atoms. The van der Waals surface area contributed by atoms with E-state index >= 15 is 0 Å². The molecular weight excluding hydrogens is 238 g/mol. The molecular formula is C13H18F2N2O. The van der Waals surface area contributed by atoms with Gasteiger partial charge in [0, 0.05) is 12.6 Å². The molecule has 0 unspecified atom stereocenters. The first-order valence-corrected chi connectivity index (χ1v) is 6.06. The molecule has 0 aliphatic carbocycles. The van der Waals surface area contributed by atoms with Crippen LogP contribution >= 0.6 is 0 Å². The molecule has 2 amide bonds. The fourth-order valence-electron chi connectivity index (χ4n) is 1.57. The van der Waals surface area contributed by atoms with Gasteiger partial charge in [-0.15, -0.1) is 0 Å². The van der Waals surface area contributed by atoms with E-state index in [-0.39, 0.29) is 5.69 Å². The number of nitrogens with one attached hydrogen (secondary N) is 2. The van der Waals surface area contributed by atoms with Gasteiger partial charge < -0.3 is 10.6 Å². The van der Waals surface area contributed by atoms with Crippen molar-refractivity contribution in [1.29, 1.82) is 0 Å². The Morgan fingerprint density at radius 1 is 1.28 bits per heavy atom. The van der Waals surface area contributed by atoms with Crippen molar-refractivity contribution in [3.8, 4) is 0 Å². The Morgan fingerprint density at radius 3 is 2.50 bits per heavy atom. The molecule has 1 aromatic rings. The molecule has 0 aliphatic heterocycles. The van der Waals surface area contributed by atoms with Crippen LogP contribution in [0.4, 0.5) is 19.3 Å². The van der Waals surface area contributed by atoms with Gasteiger partial charge in [-0.2, -0.15) is 0 Å². The highest BCUT2D eigenvalue weighted by Crippen LogP contribution is 2.14. The molecule has 5 heteroatoms. The molecule has 0 bridgehead atoms. The Labute approximate surface area is 106 Å². The minimum atomic E-state index is -0.785. The number of anilines is 1. The van der Waals surface area contributed by atoms with E-state index in [0.717, 1.165) is 25.0 Å². The zero-order valence-corrected chi connectivity index (χ0v) is 10.6. The minimum Gasteiger partial charge on any atom is -0.338 e. The average molecular weight is 256 g/mol. The second kappa shape index (κ2) is 6.93. The van der Waals surface area contributed by atoms with Gasteiger partial charge in [0.25, 0.3) is 0 Å². The van der Waals surface area contributed by atoms with Crippen molar-refractivity contribution in [3.63, 3.8) is 0 Å². The van der Waals surface area contributed by atoms with Crippen LogP contribution in [-0.2, 0) is 0 Å². The zero-order chi connectivity index (χ0) is 13.5. The topological polar surface area (TPSA) is 41.1 Å². The third kappa shape index (κ3) is 4.31. The fourth-order valence-corrected chi connectivity index (χ4v) is 1.57. The maximum Gasteiger partial charge on any atom is 0.319 e. The predicted octanol–water partition coefficient (Wildman–Crippen LogP) is 3.52. The lowest BCUT2D eigenvalue weighted by atomic mass is 10.0. The summed E-state index contributed by atoms with van der Waals surface area (Å²) in [6.07, 6.45) is 1.95. The molecule has 0 fully saturated rings. The van der Waals surface area contributed by atoms with Crippen molar-refractivity contribution in [2.75, 3.05) is 11.9 Å². The molecule has 0 spiro atoms. The summed E-state index contributed by atoms with van der Waals surface area (Å²) in [6, 6.07) is 2.55. The summed E-state index contributed by atoms with van der Waals surface area (Å²) in [5, 5.41) is 5.01. The number of urea groups is 1. The van der Waals surface area contributed by atoms with Crippen molar-refractivity contribution in [2.24, 2.45) is 5.92 Å². The third-order valence-corrected chi connectivity index (χ3v) is 2.89. The summed E-state index contributed by atoms with van der Waals surface area (Å²) in [5.74, 6) is -1.04. The van der Waals surface area contributed by atoms with Gasteiger partial charge in [0.2, 0.25) is 0 Å². The van der Waals surface area contributed by atoms with Gasteiger partial charge >= 0.3 is 6.03 Å². The van der Waals surface area contributed by atoms with Crippen LogP contribution in [0.3, 0.4) is 0 Å². The smallest absolute Gasteiger partial charge is 0.319 e. The first kappa shape index (κ1) is 14.4. The largest absolute Gasteiger partial charge is 0.338 e. The van der Waals surface area contributed by atoms with Gasteiger partial charge in [-0.3, -0.25) is 0 Å². The van der Waals surface area contributed by atoms with E-state index < -0.39 is 17.7 Å². The van der Waals surface area contributed by atoms with Crippen molar-refractivity contribution >= 4 is 11.7 Å². The van der Waals surface area contributed by atoms with Crippen molar-refractivity contribution in [1.82, 2.24) is 5.32 Å². The first-order chi connectivity index (χ1) is 8.56. The second-order valence-corrected chi connectivity index (χ2v) is 4.14. The summed E-state index contributed by atoms with van der Waals surface area (Å²) in [5.41, 5.74) is -0.0292. The Kier molecular flexibility index (Phi) is 5.55. The van der Waals surface area contributed by atoms with E-state index in [4.69, 9.17) is 0 Å². The summed E-state index contributed by atoms with van der Waals surface area (Å²) in [7, 11) is 0. The third-order valence-electron chi connectivity index (χ3n) is 2.89.